The highest BCUT2D eigenvalue weighted by atomic mass is 15.1. The predicted octanol–water partition coefficient (Wildman–Crippen LogP) is 16.7. The number of fused-ring (bicyclic) bond motifs is 6. The van der Waals surface area contributed by atoms with Crippen LogP contribution in [0.1, 0.15) is 43.6 Å². The normalized spacial score (nSPS) is 13.3. The minimum atomic E-state index is 0.643. The Morgan fingerprint density at radius 1 is 0.317 bits per heavy atom. The van der Waals surface area contributed by atoms with Crippen molar-refractivity contribution in [2.45, 2.75) is 38.0 Å². The molecule has 0 amide bonds. The third-order valence-electron chi connectivity index (χ3n) is 13.5. The van der Waals surface area contributed by atoms with E-state index >= 15 is 0 Å². The number of benzene rings is 9. The molecule has 9 aromatic carbocycles. The third-order valence-corrected chi connectivity index (χ3v) is 13.5. The van der Waals surface area contributed by atoms with Crippen LogP contribution < -0.4 is 4.90 Å². The molecule has 0 radical (unpaired) electrons. The van der Waals surface area contributed by atoms with E-state index in [0.717, 1.165) is 22.7 Å². The Morgan fingerprint density at radius 3 is 1.19 bits per heavy atom. The van der Waals surface area contributed by atoms with Crippen LogP contribution in [-0.4, -0.2) is 9.13 Å². The van der Waals surface area contributed by atoms with Gasteiger partial charge in [-0.15, -0.1) is 0 Å². The molecule has 1 aliphatic carbocycles. The topological polar surface area (TPSA) is 13.1 Å². The van der Waals surface area contributed by atoms with Crippen LogP contribution in [-0.2, 0) is 0 Å². The molecule has 0 N–H and O–H groups in total. The van der Waals surface area contributed by atoms with Gasteiger partial charge in [-0.25, -0.2) is 0 Å². The second kappa shape index (κ2) is 15.7. The van der Waals surface area contributed by atoms with Crippen LogP contribution in [0.5, 0.6) is 0 Å². The second-order valence-corrected chi connectivity index (χ2v) is 17.2. The molecule has 0 aliphatic heterocycles. The van der Waals surface area contributed by atoms with Crippen LogP contribution in [0.15, 0.2) is 218 Å². The number of aromatic nitrogens is 2. The van der Waals surface area contributed by atoms with E-state index in [9.17, 15) is 0 Å². The van der Waals surface area contributed by atoms with Crippen molar-refractivity contribution in [3.63, 3.8) is 0 Å². The molecule has 3 heteroatoms. The average Bonchev–Trinajstić information content (AvgIpc) is 3.87. The van der Waals surface area contributed by atoms with E-state index < -0.39 is 0 Å². The summed E-state index contributed by atoms with van der Waals surface area (Å²) in [6.45, 7) is 0. The van der Waals surface area contributed by atoms with Gasteiger partial charge in [-0.3, -0.25) is 0 Å². The molecule has 1 aliphatic rings. The Morgan fingerprint density at radius 2 is 0.714 bits per heavy atom. The van der Waals surface area contributed by atoms with Crippen LogP contribution in [0.3, 0.4) is 0 Å². The van der Waals surface area contributed by atoms with Gasteiger partial charge in [0.2, 0.25) is 0 Å². The van der Waals surface area contributed by atoms with Gasteiger partial charge in [0, 0.05) is 50.0 Å². The largest absolute Gasteiger partial charge is 0.310 e. The molecule has 63 heavy (non-hydrogen) atoms. The van der Waals surface area contributed by atoms with E-state index in [0.29, 0.717) is 5.92 Å². The number of anilines is 3. The van der Waals surface area contributed by atoms with Gasteiger partial charge in [-0.2, -0.15) is 0 Å². The van der Waals surface area contributed by atoms with Crippen LogP contribution in [0.2, 0.25) is 0 Å². The number of rotatable bonds is 8. The molecule has 12 rings (SSSR count). The number of para-hydroxylation sites is 4. The van der Waals surface area contributed by atoms with Gasteiger partial charge in [0.1, 0.15) is 0 Å². The molecule has 0 atom stereocenters. The van der Waals surface area contributed by atoms with Crippen molar-refractivity contribution < 1.29 is 0 Å². The fraction of sp³-hybridized carbons (Fsp3) is 0.100. The molecule has 0 spiro atoms. The molecule has 0 unspecified atom stereocenters. The summed E-state index contributed by atoms with van der Waals surface area (Å²) in [6, 6.07) is 80.3. The Kier molecular flexibility index (Phi) is 9.26. The number of hydrogen-bond acceptors (Lipinski definition) is 1. The molecule has 2 heterocycles. The zero-order chi connectivity index (χ0) is 41.7. The summed E-state index contributed by atoms with van der Waals surface area (Å²) in [5.74, 6) is 0.643. The first-order valence-corrected chi connectivity index (χ1v) is 22.5. The Hall–Kier alpha value is -7.62. The van der Waals surface area contributed by atoms with Gasteiger partial charge in [0.25, 0.3) is 0 Å². The van der Waals surface area contributed by atoms with E-state index in [1.54, 1.807) is 0 Å². The summed E-state index contributed by atoms with van der Waals surface area (Å²) in [5, 5.41) is 5.12. The smallest absolute Gasteiger partial charge is 0.0541 e. The highest BCUT2D eigenvalue weighted by Gasteiger charge is 2.21. The van der Waals surface area contributed by atoms with Crippen LogP contribution in [0.4, 0.5) is 17.1 Å². The maximum absolute atomic E-state index is 2.52. The molecule has 3 nitrogen and oxygen atoms in total. The maximum Gasteiger partial charge on any atom is 0.0541 e. The van der Waals surface area contributed by atoms with Crippen molar-refractivity contribution in [1.29, 1.82) is 0 Å². The first kappa shape index (κ1) is 37.2. The highest BCUT2D eigenvalue weighted by molar-refractivity contribution is 6.13. The summed E-state index contributed by atoms with van der Waals surface area (Å²) in [7, 11) is 0. The Labute approximate surface area is 368 Å². The summed E-state index contributed by atoms with van der Waals surface area (Å²) < 4.78 is 4.87. The fourth-order valence-electron chi connectivity index (χ4n) is 10.4. The minimum Gasteiger partial charge on any atom is -0.310 e. The van der Waals surface area contributed by atoms with Gasteiger partial charge in [0.15, 0.2) is 0 Å². The summed E-state index contributed by atoms with van der Waals surface area (Å²) in [6.07, 6.45) is 6.60. The lowest BCUT2D eigenvalue weighted by Crippen LogP contribution is -2.09. The molecule has 0 bridgehead atoms. The predicted molar refractivity (Wildman–Crippen MR) is 267 cm³/mol. The van der Waals surface area contributed by atoms with Crippen LogP contribution in [0, 0.1) is 0 Å². The van der Waals surface area contributed by atoms with Crippen LogP contribution in [0.25, 0.3) is 77.2 Å². The van der Waals surface area contributed by atoms with Crippen molar-refractivity contribution in [2.24, 2.45) is 0 Å². The Bertz CT molecular complexity index is 3370. The lowest BCUT2D eigenvalue weighted by Gasteiger charge is -2.26. The third kappa shape index (κ3) is 6.60. The van der Waals surface area contributed by atoms with E-state index in [-0.39, 0.29) is 0 Å². The number of hydrogen-bond donors (Lipinski definition) is 0. The standard InChI is InChI=1S/C60H47N3/c1-6-17-42(18-7-1)44-29-33-57-53(38-44)55-40-46(31-35-59(55)62(57)50-24-12-4-13-25-50)47-32-36-60-56(41-47)54-39-45(30-34-58(54)63(60)51-26-14-5-15-27-51)43-19-16-28-52(37-43)61(48-20-8-2-9-21-48)49-22-10-3-11-23-49/h2-5,8-16,19-42H,1,6-7,17-18H2. The fourth-order valence-corrected chi connectivity index (χ4v) is 10.4. The van der Waals surface area contributed by atoms with E-state index in [2.05, 4.69) is 232 Å². The molecule has 1 saturated carbocycles. The summed E-state index contributed by atoms with van der Waals surface area (Å²) in [5.41, 5.74) is 16.9. The van der Waals surface area contributed by atoms with Crippen molar-refractivity contribution >= 4 is 60.7 Å². The van der Waals surface area contributed by atoms with Gasteiger partial charge < -0.3 is 14.0 Å². The van der Waals surface area contributed by atoms with Gasteiger partial charge in [-0.1, -0.05) is 128 Å². The molecule has 11 aromatic rings. The van der Waals surface area contributed by atoms with E-state index in [1.807, 2.05) is 0 Å². The van der Waals surface area contributed by atoms with Crippen molar-refractivity contribution in [1.82, 2.24) is 9.13 Å². The maximum atomic E-state index is 2.52. The average molecular weight is 810 g/mol. The Balaban J connectivity index is 1.02. The zero-order valence-corrected chi connectivity index (χ0v) is 35.2. The monoisotopic (exact) mass is 809 g/mol. The van der Waals surface area contributed by atoms with E-state index in [1.165, 1.54) is 109 Å². The van der Waals surface area contributed by atoms with Gasteiger partial charge in [0.05, 0.1) is 22.1 Å². The molecular formula is C60H47N3. The number of nitrogens with zero attached hydrogens (tertiary/aromatic N) is 3. The van der Waals surface area contributed by atoms with Gasteiger partial charge >= 0.3 is 0 Å². The van der Waals surface area contributed by atoms with Crippen molar-refractivity contribution in [2.75, 3.05) is 4.90 Å². The van der Waals surface area contributed by atoms with E-state index in [4.69, 9.17) is 0 Å². The highest BCUT2D eigenvalue weighted by Crippen LogP contribution is 2.42. The lowest BCUT2D eigenvalue weighted by atomic mass is 9.83. The molecule has 0 saturated heterocycles. The zero-order valence-electron chi connectivity index (χ0n) is 35.2. The SMILES string of the molecule is c1ccc(N(c2ccccc2)c2cccc(-c3ccc4c(c3)c3cc(-c5ccc6c(c5)c5cc(C7CCCCC7)ccc5n6-c5ccccc5)ccc3n4-c3ccccc3)c2)cc1. The van der Waals surface area contributed by atoms with Crippen molar-refractivity contribution in [3.8, 4) is 33.6 Å². The molecule has 2 aromatic heterocycles. The summed E-state index contributed by atoms with van der Waals surface area (Å²) >= 11 is 0. The summed E-state index contributed by atoms with van der Waals surface area (Å²) in [4.78, 5) is 2.33. The second-order valence-electron chi connectivity index (χ2n) is 17.2. The van der Waals surface area contributed by atoms with Crippen molar-refractivity contribution in [3.05, 3.63) is 224 Å². The quantitative estimate of drug-likeness (QED) is 0.149. The van der Waals surface area contributed by atoms with Gasteiger partial charge in [-0.05, 0) is 156 Å². The first-order valence-electron chi connectivity index (χ1n) is 22.5. The van der Waals surface area contributed by atoms with Crippen LogP contribution >= 0.6 is 0 Å². The lowest BCUT2D eigenvalue weighted by molar-refractivity contribution is 0.444. The molecule has 302 valence electrons. The molecule has 1 fully saturated rings. The minimum absolute atomic E-state index is 0.643. The molecular weight excluding hydrogens is 763 g/mol. The first-order chi connectivity index (χ1) is 31.2.